The van der Waals surface area contributed by atoms with Crippen LogP contribution in [0.5, 0.6) is 0 Å². The summed E-state index contributed by atoms with van der Waals surface area (Å²) < 4.78 is 20.8. The lowest BCUT2D eigenvalue weighted by Crippen LogP contribution is -2.16. The third kappa shape index (κ3) is 9.91. The van der Waals surface area contributed by atoms with Gasteiger partial charge in [-0.2, -0.15) is 0 Å². The molecule has 0 spiro atoms. The molecule has 0 atom stereocenters. The largest absolute Gasteiger partial charge is 0.229 e. The van der Waals surface area contributed by atoms with E-state index in [1.54, 1.807) is 0 Å². The van der Waals surface area contributed by atoms with Gasteiger partial charge in [-0.15, -0.1) is 0 Å². The second kappa shape index (κ2) is 5.55. The Morgan fingerprint density at radius 3 is 2.36 bits per heavy atom. The zero-order chi connectivity index (χ0) is 8.74. The lowest BCUT2D eigenvalue weighted by atomic mass is 10.2. The topological polar surface area (TPSA) is 60.2 Å². The number of primary sulfonamides is 1. The van der Waals surface area contributed by atoms with Crippen LogP contribution in [0.1, 0.15) is 25.7 Å². The van der Waals surface area contributed by atoms with Crippen LogP contribution in [0.3, 0.4) is 0 Å². The third-order valence-electron chi connectivity index (χ3n) is 1.34. The molecule has 0 aliphatic heterocycles. The van der Waals surface area contributed by atoms with E-state index in [1.807, 2.05) is 6.42 Å². The van der Waals surface area contributed by atoms with E-state index in [4.69, 9.17) is 5.14 Å². The summed E-state index contributed by atoms with van der Waals surface area (Å²) in [5.41, 5.74) is 0. The van der Waals surface area contributed by atoms with Crippen LogP contribution in [0.15, 0.2) is 0 Å². The molecule has 66 valence electrons. The van der Waals surface area contributed by atoms with Crippen LogP contribution in [0, 0.1) is 13.3 Å². The van der Waals surface area contributed by atoms with Crippen LogP contribution in [-0.2, 0) is 10.0 Å². The van der Waals surface area contributed by atoms with Crippen molar-refractivity contribution in [2.75, 3.05) is 5.75 Å². The predicted molar refractivity (Wildman–Crippen MR) is 46.1 cm³/mol. The fourth-order valence-corrected chi connectivity index (χ4v) is 1.38. The number of rotatable bonds is 6. The van der Waals surface area contributed by atoms with Crippen LogP contribution in [-0.4, -0.2) is 14.2 Å². The van der Waals surface area contributed by atoms with Crippen molar-refractivity contribution in [3.63, 3.8) is 0 Å². The molecule has 0 aliphatic carbocycles. The van der Waals surface area contributed by atoms with Crippen molar-refractivity contribution >= 4 is 10.0 Å². The van der Waals surface area contributed by atoms with E-state index in [2.05, 4.69) is 6.92 Å². The van der Waals surface area contributed by atoms with Crippen molar-refractivity contribution in [3.05, 3.63) is 13.3 Å². The second-order valence-corrected chi connectivity index (χ2v) is 4.24. The lowest BCUT2D eigenvalue weighted by Gasteiger charge is -1.97. The van der Waals surface area contributed by atoms with Crippen molar-refractivity contribution in [1.82, 2.24) is 0 Å². The minimum atomic E-state index is -3.24. The first-order chi connectivity index (χ1) is 5.06. The highest BCUT2D eigenvalue weighted by molar-refractivity contribution is 7.89. The molecular formula is C7H15NO2S. The number of sulfonamides is 1. The first-order valence-corrected chi connectivity index (χ1v) is 5.39. The Balaban J connectivity index is 3.16. The van der Waals surface area contributed by atoms with Gasteiger partial charge in [0.1, 0.15) is 0 Å². The monoisotopic (exact) mass is 177 g/mol. The molecule has 0 bridgehead atoms. The second-order valence-electron chi connectivity index (χ2n) is 2.50. The van der Waals surface area contributed by atoms with Crippen LogP contribution >= 0.6 is 0 Å². The number of hydrogen-bond acceptors (Lipinski definition) is 2. The smallest absolute Gasteiger partial charge is 0.209 e. The zero-order valence-electron chi connectivity index (χ0n) is 6.62. The maximum atomic E-state index is 10.4. The minimum Gasteiger partial charge on any atom is -0.229 e. The van der Waals surface area contributed by atoms with Gasteiger partial charge in [0.25, 0.3) is 0 Å². The first-order valence-electron chi connectivity index (χ1n) is 3.67. The maximum absolute atomic E-state index is 10.4. The van der Waals surface area contributed by atoms with Gasteiger partial charge in [-0.25, -0.2) is 13.6 Å². The third-order valence-corrected chi connectivity index (χ3v) is 2.19. The first kappa shape index (κ1) is 10.9. The Labute approximate surface area is 69.0 Å². The fourth-order valence-electron chi connectivity index (χ4n) is 0.769. The van der Waals surface area contributed by atoms with Gasteiger partial charge >= 0.3 is 0 Å². The molecule has 0 aromatic carbocycles. The summed E-state index contributed by atoms with van der Waals surface area (Å²) in [5.74, 6) is 0.101. The highest BCUT2D eigenvalue weighted by Gasteiger charge is 2.00. The lowest BCUT2D eigenvalue weighted by molar-refractivity contribution is 0.591. The standard InChI is InChI=1S/C7H15NO2S/c1-2-3-4-5-6-7-11(8,9)10/h2H,1,3-7H2,(H2,8,9,10). The molecule has 3 nitrogen and oxygen atoms in total. The summed E-state index contributed by atoms with van der Waals surface area (Å²) in [7, 11) is -3.24. The molecule has 4 heteroatoms. The van der Waals surface area contributed by atoms with Gasteiger partial charge < -0.3 is 0 Å². The summed E-state index contributed by atoms with van der Waals surface area (Å²) in [6.45, 7) is 3.56. The quantitative estimate of drug-likeness (QED) is 0.612. The normalized spacial score (nSPS) is 11.8. The molecule has 0 aromatic rings. The molecule has 0 saturated carbocycles. The summed E-state index contributed by atoms with van der Waals surface area (Å²) in [5, 5.41) is 4.80. The Morgan fingerprint density at radius 2 is 1.91 bits per heavy atom. The predicted octanol–water partition coefficient (Wildman–Crippen LogP) is 0.874. The highest BCUT2D eigenvalue weighted by atomic mass is 32.2. The molecule has 2 N–H and O–H groups in total. The SMILES string of the molecule is [CH2][CH]CCCCCS(N)(=O)=O. The van der Waals surface area contributed by atoms with Crippen molar-refractivity contribution in [1.29, 1.82) is 0 Å². The highest BCUT2D eigenvalue weighted by Crippen LogP contribution is 2.01. The molecule has 2 radical (unpaired) electrons. The van der Waals surface area contributed by atoms with Crippen molar-refractivity contribution in [2.24, 2.45) is 5.14 Å². The van der Waals surface area contributed by atoms with Crippen LogP contribution in [0.4, 0.5) is 0 Å². The molecule has 0 heterocycles. The maximum Gasteiger partial charge on any atom is 0.209 e. The number of hydrogen-bond donors (Lipinski definition) is 1. The van der Waals surface area contributed by atoms with Gasteiger partial charge in [0.05, 0.1) is 5.75 Å². The van der Waals surface area contributed by atoms with E-state index in [1.165, 1.54) is 0 Å². The Morgan fingerprint density at radius 1 is 1.27 bits per heavy atom. The minimum absolute atomic E-state index is 0.101. The molecule has 11 heavy (non-hydrogen) atoms. The molecule has 0 aromatic heterocycles. The number of nitrogens with two attached hydrogens (primary N) is 1. The van der Waals surface area contributed by atoms with Crippen molar-refractivity contribution in [3.8, 4) is 0 Å². The van der Waals surface area contributed by atoms with Gasteiger partial charge in [-0.1, -0.05) is 19.3 Å². The Bertz CT molecular complexity index is 175. The zero-order valence-corrected chi connectivity index (χ0v) is 7.44. The molecule has 0 amide bonds. The van der Waals surface area contributed by atoms with E-state index >= 15 is 0 Å². The van der Waals surface area contributed by atoms with Crippen molar-refractivity contribution < 1.29 is 8.42 Å². The van der Waals surface area contributed by atoms with Gasteiger partial charge in [0, 0.05) is 0 Å². The molecule has 0 fully saturated rings. The summed E-state index contributed by atoms with van der Waals surface area (Å²) in [6, 6.07) is 0. The van der Waals surface area contributed by atoms with E-state index in [0.29, 0.717) is 6.42 Å². The van der Waals surface area contributed by atoms with Crippen LogP contribution in [0.25, 0.3) is 0 Å². The molecule has 0 saturated heterocycles. The van der Waals surface area contributed by atoms with Gasteiger partial charge in [-0.3, -0.25) is 0 Å². The molecule has 0 aliphatic rings. The summed E-state index contributed by atoms with van der Waals surface area (Å²) in [4.78, 5) is 0. The van der Waals surface area contributed by atoms with E-state index < -0.39 is 10.0 Å². The van der Waals surface area contributed by atoms with E-state index in [0.717, 1.165) is 19.3 Å². The van der Waals surface area contributed by atoms with Crippen LogP contribution in [0.2, 0.25) is 0 Å². The Kier molecular flexibility index (Phi) is 5.50. The molecular weight excluding hydrogens is 162 g/mol. The Hall–Kier alpha value is -0.0900. The van der Waals surface area contributed by atoms with Crippen LogP contribution < -0.4 is 5.14 Å². The van der Waals surface area contributed by atoms with Gasteiger partial charge in [0.15, 0.2) is 0 Å². The average Bonchev–Trinajstić information content (AvgIpc) is 1.85. The van der Waals surface area contributed by atoms with Crippen molar-refractivity contribution in [2.45, 2.75) is 25.7 Å². The molecule has 0 unspecified atom stereocenters. The van der Waals surface area contributed by atoms with E-state index in [-0.39, 0.29) is 5.75 Å². The van der Waals surface area contributed by atoms with Gasteiger partial charge in [0.2, 0.25) is 10.0 Å². The summed E-state index contributed by atoms with van der Waals surface area (Å²) in [6.07, 6.45) is 5.34. The van der Waals surface area contributed by atoms with E-state index in [9.17, 15) is 8.42 Å². The average molecular weight is 177 g/mol. The number of unbranched alkanes of at least 4 members (excludes halogenated alkanes) is 4. The summed E-state index contributed by atoms with van der Waals surface area (Å²) >= 11 is 0. The molecule has 0 rings (SSSR count). The van der Waals surface area contributed by atoms with Gasteiger partial charge in [-0.05, 0) is 19.8 Å². The fraction of sp³-hybridized carbons (Fsp3) is 0.714.